The molecule has 0 aromatic carbocycles. The summed E-state index contributed by atoms with van der Waals surface area (Å²) in [5.74, 6) is 0. The van der Waals surface area contributed by atoms with E-state index in [9.17, 15) is 0 Å². The van der Waals surface area contributed by atoms with Crippen molar-refractivity contribution in [3.8, 4) is 0 Å². The standard InChI is InChI=1S/C21H30Br9N3O3/c22-7-1-10(25)16(11(26)2-7)34-19-31-20(35-17-12(27)3-8(23)4-13(17)28)33-21(32-19)36-18-14(29)5-9(24)6-15(18)30/h7-21,31-33H,1-6H2. The van der Waals surface area contributed by atoms with Crippen molar-refractivity contribution in [2.45, 2.75) is 119 Å². The fourth-order valence-corrected chi connectivity index (χ4v) is 17.3. The van der Waals surface area contributed by atoms with Gasteiger partial charge in [0.25, 0.3) is 0 Å². The van der Waals surface area contributed by atoms with Gasteiger partial charge in [-0.25, -0.2) is 16.0 Å². The Morgan fingerprint density at radius 3 is 0.750 bits per heavy atom. The molecule has 36 heavy (non-hydrogen) atoms. The molecule has 1 aliphatic heterocycles. The maximum Gasteiger partial charge on any atom is 0.169 e. The van der Waals surface area contributed by atoms with E-state index in [4.69, 9.17) is 14.2 Å². The molecule has 210 valence electrons. The number of alkyl halides is 9. The summed E-state index contributed by atoms with van der Waals surface area (Å²) in [6, 6.07) is 0. The summed E-state index contributed by atoms with van der Waals surface area (Å²) < 4.78 is 19.8. The van der Waals surface area contributed by atoms with Gasteiger partial charge in [0.05, 0.1) is 18.3 Å². The smallest absolute Gasteiger partial charge is 0.169 e. The molecule has 6 atom stereocenters. The number of halogens is 9. The molecule has 0 spiro atoms. The highest BCUT2D eigenvalue weighted by molar-refractivity contribution is 9.11. The molecule has 0 aromatic rings. The molecule has 0 aromatic heterocycles. The van der Waals surface area contributed by atoms with E-state index in [0.29, 0.717) is 14.5 Å². The molecule has 15 heteroatoms. The zero-order valence-corrected chi connectivity index (χ0v) is 33.3. The molecular weight excluding hydrogens is 1060 g/mol. The van der Waals surface area contributed by atoms with E-state index in [0.717, 1.165) is 38.5 Å². The van der Waals surface area contributed by atoms with Crippen LogP contribution in [-0.2, 0) is 14.2 Å². The number of hydrogen-bond acceptors (Lipinski definition) is 6. The second kappa shape index (κ2) is 15.2. The highest BCUT2D eigenvalue weighted by Crippen LogP contribution is 2.38. The Bertz CT molecular complexity index is 588. The fourth-order valence-electron chi connectivity index (χ4n) is 5.01. The highest BCUT2D eigenvalue weighted by Gasteiger charge is 2.43. The zero-order chi connectivity index (χ0) is 26.1. The SMILES string of the molecule is BrC1CC(Br)C(OC2NC(OC3C(Br)CC(Br)CC3Br)NC(OC3C(Br)CC(Br)CC3Br)N2)C(Br)C1. The molecule has 6 nitrogen and oxygen atoms in total. The van der Waals surface area contributed by atoms with Crippen LogP contribution in [0.25, 0.3) is 0 Å². The van der Waals surface area contributed by atoms with Gasteiger partial charge in [0, 0.05) is 43.4 Å². The molecule has 0 amide bonds. The third kappa shape index (κ3) is 9.05. The lowest BCUT2D eigenvalue weighted by molar-refractivity contribution is -0.199. The largest absolute Gasteiger partial charge is 0.344 e. The third-order valence-corrected chi connectivity index (χ3v) is 14.4. The Morgan fingerprint density at radius 2 is 0.556 bits per heavy atom. The Morgan fingerprint density at radius 1 is 0.361 bits per heavy atom. The van der Waals surface area contributed by atoms with Gasteiger partial charge in [-0.3, -0.25) is 0 Å². The first kappa shape index (κ1) is 33.0. The Balaban J connectivity index is 1.46. The van der Waals surface area contributed by atoms with Crippen LogP contribution in [0.5, 0.6) is 0 Å². The molecule has 4 aliphatic rings. The normalized spacial score (nSPS) is 52.8. The molecule has 1 heterocycles. The number of rotatable bonds is 6. The van der Waals surface area contributed by atoms with Gasteiger partial charge in [-0.05, 0) is 38.5 Å². The predicted octanol–water partition coefficient (Wildman–Crippen LogP) is 7.03. The summed E-state index contributed by atoms with van der Waals surface area (Å²) in [6.45, 7) is 0. The van der Waals surface area contributed by atoms with E-state index < -0.39 is 19.1 Å². The van der Waals surface area contributed by atoms with Crippen molar-refractivity contribution in [2.75, 3.05) is 0 Å². The first-order chi connectivity index (χ1) is 17.0. The number of nitrogens with one attached hydrogen (secondary N) is 3. The second-order valence-electron chi connectivity index (χ2n) is 9.74. The van der Waals surface area contributed by atoms with Crippen LogP contribution in [0.1, 0.15) is 38.5 Å². The summed E-state index contributed by atoms with van der Waals surface area (Å²) in [6.07, 6.45) is 4.56. The van der Waals surface area contributed by atoms with Crippen LogP contribution in [0.3, 0.4) is 0 Å². The summed E-state index contributed by atoms with van der Waals surface area (Å²) in [7, 11) is 0. The first-order valence-electron chi connectivity index (χ1n) is 12.0. The van der Waals surface area contributed by atoms with E-state index in [1.165, 1.54) is 0 Å². The molecule has 4 fully saturated rings. The second-order valence-corrected chi connectivity index (χ2v) is 20.7. The van der Waals surface area contributed by atoms with Gasteiger partial charge in [0.1, 0.15) is 0 Å². The van der Waals surface area contributed by atoms with Gasteiger partial charge in [0.15, 0.2) is 19.1 Å². The van der Waals surface area contributed by atoms with Crippen LogP contribution < -0.4 is 16.0 Å². The topological polar surface area (TPSA) is 63.8 Å². The summed E-state index contributed by atoms with van der Waals surface area (Å²) >= 11 is 34.3. The quantitative estimate of drug-likeness (QED) is 0.249. The molecule has 3 N–H and O–H groups in total. The molecule has 3 saturated carbocycles. The summed E-state index contributed by atoms with van der Waals surface area (Å²) in [5.41, 5.74) is 0. The van der Waals surface area contributed by atoms with Crippen LogP contribution in [0.4, 0.5) is 0 Å². The zero-order valence-electron chi connectivity index (χ0n) is 19.0. The van der Waals surface area contributed by atoms with Crippen LogP contribution in [0, 0.1) is 0 Å². The molecule has 4 rings (SSSR count). The summed E-state index contributed by atoms with van der Waals surface area (Å²) in [4.78, 5) is 2.70. The van der Waals surface area contributed by atoms with Crippen molar-refractivity contribution in [2.24, 2.45) is 0 Å². The highest BCUT2D eigenvalue weighted by atomic mass is 79.9. The molecule has 0 bridgehead atoms. The minimum atomic E-state index is -0.455. The maximum atomic E-state index is 6.59. The van der Waals surface area contributed by atoms with Crippen LogP contribution in [0.2, 0.25) is 0 Å². The lowest BCUT2D eigenvalue weighted by Gasteiger charge is -2.46. The average molecular weight is 1090 g/mol. The Hall–Kier alpha value is 4.08. The third-order valence-electron chi connectivity index (χ3n) is 6.81. The van der Waals surface area contributed by atoms with Gasteiger partial charge in [-0.1, -0.05) is 143 Å². The lowest BCUT2D eigenvalue weighted by atomic mass is 9.97. The minimum Gasteiger partial charge on any atom is -0.344 e. The van der Waals surface area contributed by atoms with Gasteiger partial charge in [0.2, 0.25) is 0 Å². The van der Waals surface area contributed by atoms with Crippen LogP contribution in [-0.4, -0.2) is 80.8 Å². The van der Waals surface area contributed by atoms with E-state index in [2.05, 4.69) is 159 Å². The van der Waals surface area contributed by atoms with Gasteiger partial charge in [-0.2, -0.15) is 0 Å². The number of hydrogen-bond donors (Lipinski definition) is 3. The van der Waals surface area contributed by atoms with Crippen molar-refractivity contribution in [1.82, 2.24) is 16.0 Å². The Labute approximate surface area is 289 Å². The monoisotopic (exact) mass is 1080 g/mol. The van der Waals surface area contributed by atoms with Crippen molar-refractivity contribution in [3.05, 3.63) is 0 Å². The van der Waals surface area contributed by atoms with Gasteiger partial charge in [-0.15, -0.1) is 0 Å². The average Bonchev–Trinajstić information content (AvgIpc) is 2.76. The molecular formula is C21H30Br9N3O3. The van der Waals surface area contributed by atoms with E-state index >= 15 is 0 Å². The van der Waals surface area contributed by atoms with E-state index in [1.54, 1.807) is 0 Å². The van der Waals surface area contributed by atoms with Crippen LogP contribution >= 0.6 is 143 Å². The molecule has 3 aliphatic carbocycles. The van der Waals surface area contributed by atoms with Crippen molar-refractivity contribution in [3.63, 3.8) is 0 Å². The molecule has 0 radical (unpaired) electrons. The predicted molar refractivity (Wildman–Crippen MR) is 178 cm³/mol. The molecule has 1 saturated heterocycles. The van der Waals surface area contributed by atoms with E-state index in [-0.39, 0.29) is 47.3 Å². The van der Waals surface area contributed by atoms with Crippen molar-refractivity contribution in [1.29, 1.82) is 0 Å². The van der Waals surface area contributed by atoms with Crippen LogP contribution in [0.15, 0.2) is 0 Å². The maximum absolute atomic E-state index is 6.59. The number of ether oxygens (including phenoxy) is 3. The van der Waals surface area contributed by atoms with Crippen molar-refractivity contribution < 1.29 is 14.2 Å². The lowest BCUT2D eigenvalue weighted by Crippen LogP contribution is -2.72. The van der Waals surface area contributed by atoms with Gasteiger partial charge >= 0.3 is 0 Å². The first-order valence-corrected chi connectivity index (χ1v) is 20.3. The van der Waals surface area contributed by atoms with E-state index in [1.807, 2.05) is 0 Å². The van der Waals surface area contributed by atoms with Gasteiger partial charge < -0.3 is 14.2 Å². The Kier molecular flexibility index (Phi) is 13.9. The van der Waals surface area contributed by atoms with Crippen molar-refractivity contribution >= 4 is 143 Å². The minimum absolute atomic E-state index is 0.0171. The fraction of sp³-hybridized carbons (Fsp3) is 1.00. The summed E-state index contributed by atoms with van der Waals surface area (Å²) in [5, 5.41) is 10.4. The molecule has 6 unspecified atom stereocenters.